The van der Waals surface area contributed by atoms with Crippen molar-refractivity contribution in [3.8, 4) is 0 Å². The summed E-state index contributed by atoms with van der Waals surface area (Å²) in [6.07, 6.45) is 0. The predicted octanol–water partition coefficient (Wildman–Crippen LogP) is 1.63. The van der Waals surface area contributed by atoms with Gasteiger partial charge < -0.3 is 12.4 Å². The van der Waals surface area contributed by atoms with Crippen LogP contribution < -0.4 is 17.0 Å². The van der Waals surface area contributed by atoms with Gasteiger partial charge in [0.05, 0.1) is 15.8 Å². The fourth-order valence-electron chi connectivity index (χ4n) is 4.13. The van der Waals surface area contributed by atoms with Crippen molar-refractivity contribution in [2.75, 3.05) is 0 Å². The van der Waals surface area contributed by atoms with Crippen LogP contribution in [-0.2, 0) is 17.1 Å². The summed E-state index contributed by atoms with van der Waals surface area (Å²) >= 11 is 0. The Morgan fingerprint density at radius 2 is 1.47 bits per heavy atom. The number of rotatable bonds is 2. The van der Waals surface area contributed by atoms with Gasteiger partial charge in [0.2, 0.25) is 11.0 Å². The molecular formula is C24H21ClN2O2S. The van der Waals surface area contributed by atoms with Gasteiger partial charge in [0, 0.05) is 11.5 Å². The van der Waals surface area contributed by atoms with E-state index in [0.29, 0.717) is 11.0 Å². The summed E-state index contributed by atoms with van der Waals surface area (Å²) in [6.45, 7) is 3.99. The zero-order valence-electron chi connectivity index (χ0n) is 16.9. The largest absolute Gasteiger partial charge is 1.00 e. The summed E-state index contributed by atoms with van der Waals surface area (Å²) in [4.78, 5) is 0.290. The number of nitrogens with zero attached hydrogens (tertiary/aromatic N) is 2. The molecule has 30 heavy (non-hydrogen) atoms. The zero-order chi connectivity index (χ0) is 20.3. The first kappa shape index (κ1) is 20.4. The van der Waals surface area contributed by atoms with Crippen LogP contribution in [0, 0.1) is 13.8 Å². The Morgan fingerprint density at radius 3 is 2.20 bits per heavy atom. The molecule has 0 radical (unpaired) electrons. The molecule has 0 atom stereocenters. The van der Waals surface area contributed by atoms with Crippen LogP contribution in [-0.4, -0.2) is 12.4 Å². The van der Waals surface area contributed by atoms with E-state index >= 15 is 0 Å². The second kappa shape index (κ2) is 7.11. The fourth-order valence-corrected chi connectivity index (χ4v) is 5.64. The molecule has 3 aromatic carbocycles. The molecular weight excluding hydrogens is 416 g/mol. The van der Waals surface area contributed by atoms with E-state index in [1.807, 2.05) is 63.4 Å². The molecule has 2 aromatic heterocycles. The molecule has 152 valence electrons. The summed E-state index contributed by atoms with van der Waals surface area (Å²) in [6, 6.07) is 23.0. The lowest BCUT2D eigenvalue weighted by Gasteiger charge is -2.09. The van der Waals surface area contributed by atoms with Crippen molar-refractivity contribution >= 4 is 42.9 Å². The van der Waals surface area contributed by atoms with Gasteiger partial charge in [0.25, 0.3) is 10.0 Å². The SMILES string of the molecule is Cc1ccc(S(=O)(=O)n2c3ccccc3c3c2cc2cc(C)ccc2[n+]3C)cc1.[Cl-]. The first-order valence-electron chi connectivity index (χ1n) is 9.53. The number of aromatic nitrogens is 2. The number of benzene rings is 3. The Hall–Kier alpha value is -2.89. The topological polar surface area (TPSA) is 43.0 Å². The maximum atomic E-state index is 13.7. The van der Waals surface area contributed by atoms with Crippen LogP contribution in [0.2, 0.25) is 0 Å². The van der Waals surface area contributed by atoms with Crippen LogP contribution in [0.5, 0.6) is 0 Å². The summed E-state index contributed by atoms with van der Waals surface area (Å²) in [5, 5.41) is 1.94. The van der Waals surface area contributed by atoms with Gasteiger partial charge in [0.15, 0.2) is 0 Å². The van der Waals surface area contributed by atoms with Crippen LogP contribution in [0.3, 0.4) is 0 Å². The number of pyridine rings is 1. The molecule has 0 saturated carbocycles. The number of fused-ring (bicyclic) bond motifs is 4. The highest BCUT2D eigenvalue weighted by atomic mass is 35.5. The molecule has 0 unspecified atom stereocenters. The van der Waals surface area contributed by atoms with Gasteiger partial charge in [-0.05, 0) is 50.2 Å². The number of halogens is 1. The molecule has 0 bridgehead atoms. The first-order valence-corrected chi connectivity index (χ1v) is 11.0. The third-order valence-electron chi connectivity index (χ3n) is 5.57. The summed E-state index contributed by atoms with van der Waals surface area (Å²) < 4.78 is 31.0. The van der Waals surface area contributed by atoms with Crippen molar-refractivity contribution in [3.05, 3.63) is 83.9 Å². The molecule has 4 nitrogen and oxygen atoms in total. The van der Waals surface area contributed by atoms with E-state index in [4.69, 9.17) is 0 Å². The maximum absolute atomic E-state index is 13.7. The first-order chi connectivity index (χ1) is 13.9. The average molecular weight is 437 g/mol. The van der Waals surface area contributed by atoms with Crippen molar-refractivity contribution in [2.45, 2.75) is 18.7 Å². The Kier molecular flexibility index (Phi) is 4.83. The highest BCUT2D eigenvalue weighted by Crippen LogP contribution is 2.32. The van der Waals surface area contributed by atoms with Crippen molar-refractivity contribution < 1.29 is 25.4 Å². The van der Waals surface area contributed by atoms with Gasteiger partial charge in [-0.2, -0.15) is 4.57 Å². The van der Waals surface area contributed by atoms with E-state index in [2.05, 4.69) is 22.8 Å². The lowest BCUT2D eigenvalue weighted by molar-refractivity contribution is -0.616. The van der Waals surface area contributed by atoms with Crippen molar-refractivity contribution in [1.82, 2.24) is 3.97 Å². The second-order valence-electron chi connectivity index (χ2n) is 7.60. The average Bonchev–Trinajstić information content (AvgIpc) is 3.03. The Balaban J connectivity index is 0.00000218. The molecule has 0 N–H and O–H groups in total. The Bertz CT molecular complexity index is 1540. The molecule has 0 saturated heterocycles. The van der Waals surface area contributed by atoms with Gasteiger partial charge in [0.1, 0.15) is 12.6 Å². The highest BCUT2D eigenvalue weighted by molar-refractivity contribution is 7.90. The molecule has 0 aliphatic carbocycles. The standard InChI is InChI=1S/C24H21N2O2S.ClH/c1-16-8-11-19(12-9-16)29(27,28)26-22-7-5-4-6-20(22)24-23(26)15-18-14-17(2)10-13-21(18)25(24)3;/h4-15H,1-3H3;1H/q+1;/p-1. The normalized spacial score (nSPS) is 11.8. The molecule has 5 aromatic rings. The number of hydrogen-bond donors (Lipinski definition) is 0. The molecule has 0 aliphatic rings. The number of para-hydroxylation sites is 1. The third kappa shape index (κ3) is 2.89. The van der Waals surface area contributed by atoms with Crippen molar-refractivity contribution in [1.29, 1.82) is 0 Å². The minimum atomic E-state index is -3.76. The Morgan fingerprint density at radius 1 is 0.800 bits per heavy atom. The second-order valence-corrected chi connectivity index (χ2v) is 9.39. The van der Waals surface area contributed by atoms with Crippen LogP contribution in [0.4, 0.5) is 0 Å². The minimum absolute atomic E-state index is 0. The summed E-state index contributed by atoms with van der Waals surface area (Å²) in [5.74, 6) is 0. The number of aryl methyl sites for hydroxylation is 3. The van der Waals surface area contributed by atoms with Gasteiger partial charge >= 0.3 is 0 Å². The third-order valence-corrected chi connectivity index (χ3v) is 7.31. The monoisotopic (exact) mass is 436 g/mol. The molecule has 0 spiro atoms. The van der Waals surface area contributed by atoms with E-state index in [1.165, 1.54) is 3.97 Å². The molecule has 0 fully saturated rings. The quantitative estimate of drug-likeness (QED) is 0.395. The summed E-state index contributed by atoms with van der Waals surface area (Å²) in [7, 11) is -1.76. The van der Waals surface area contributed by atoms with E-state index in [1.54, 1.807) is 12.1 Å². The van der Waals surface area contributed by atoms with E-state index < -0.39 is 10.0 Å². The molecule has 0 aliphatic heterocycles. The predicted molar refractivity (Wildman–Crippen MR) is 117 cm³/mol. The zero-order valence-corrected chi connectivity index (χ0v) is 18.5. The van der Waals surface area contributed by atoms with Crippen molar-refractivity contribution in [2.24, 2.45) is 7.05 Å². The molecule has 6 heteroatoms. The van der Waals surface area contributed by atoms with Crippen LogP contribution >= 0.6 is 0 Å². The minimum Gasteiger partial charge on any atom is -1.00 e. The molecule has 5 rings (SSSR count). The fraction of sp³-hybridized carbons (Fsp3) is 0.125. The maximum Gasteiger partial charge on any atom is 0.268 e. The van der Waals surface area contributed by atoms with Crippen molar-refractivity contribution in [3.63, 3.8) is 0 Å². The number of hydrogen-bond acceptors (Lipinski definition) is 2. The van der Waals surface area contributed by atoms with Gasteiger partial charge in [-0.3, -0.25) is 0 Å². The lowest BCUT2D eigenvalue weighted by atomic mass is 10.1. The van der Waals surface area contributed by atoms with E-state index in [9.17, 15) is 8.42 Å². The van der Waals surface area contributed by atoms with Crippen LogP contribution in [0.25, 0.3) is 32.8 Å². The molecule has 0 amide bonds. The van der Waals surface area contributed by atoms with Crippen LogP contribution in [0.1, 0.15) is 11.1 Å². The van der Waals surface area contributed by atoms with Gasteiger partial charge in [-0.1, -0.05) is 41.5 Å². The van der Waals surface area contributed by atoms with Gasteiger partial charge in [-0.15, -0.1) is 0 Å². The van der Waals surface area contributed by atoms with E-state index in [0.717, 1.165) is 32.9 Å². The van der Waals surface area contributed by atoms with Gasteiger partial charge in [-0.25, -0.2) is 12.4 Å². The van der Waals surface area contributed by atoms with E-state index in [-0.39, 0.29) is 17.3 Å². The Labute approximate surface area is 181 Å². The smallest absolute Gasteiger partial charge is 0.268 e. The molecule has 2 heterocycles. The summed E-state index contributed by atoms with van der Waals surface area (Å²) in [5.41, 5.74) is 5.52. The lowest BCUT2D eigenvalue weighted by Crippen LogP contribution is -3.00. The van der Waals surface area contributed by atoms with Crippen LogP contribution in [0.15, 0.2) is 77.7 Å². The highest BCUT2D eigenvalue weighted by Gasteiger charge is 2.28.